The predicted molar refractivity (Wildman–Crippen MR) is 118 cm³/mol. The number of nitrogens with two attached hydrogens (primary N) is 1. The summed E-state index contributed by atoms with van der Waals surface area (Å²) in [7, 11) is 0. The number of carbonyl (C=O) groups excluding carboxylic acids is 1. The van der Waals surface area contributed by atoms with Crippen molar-refractivity contribution in [1.82, 2.24) is 15.2 Å². The van der Waals surface area contributed by atoms with Gasteiger partial charge in [-0.25, -0.2) is 9.98 Å². The van der Waals surface area contributed by atoms with Crippen LogP contribution in [-0.2, 0) is 11.3 Å². The molecule has 152 valence electrons. The highest BCUT2D eigenvalue weighted by molar-refractivity contribution is 14.0. The van der Waals surface area contributed by atoms with Crippen LogP contribution in [0.4, 0.5) is 0 Å². The number of pyridine rings is 1. The summed E-state index contributed by atoms with van der Waals surface area (Å²) in [5, 5.41) is 3.35. The Morgan fingerprint density at radius 1 is 1.48 bits per heavy atom. The molecule has 3 N–H and O–H groups in total. The smallest absolute Gasteiger partial charge is 0.217 e. The second-order valence-corrected chi connectivity index (χ2v) is 6.97. The Morgan fingerprint density at radius 2 is 2.26 bits per heavy atom. The number of likely N-dealkylation sites (tertiary alicyclic amines) is 1. The third-order valence-corrected chi connectivity index (χ3v) is 4.21. The van der Waals surface area contributed by atoms with Crippen molar-refractivity contribution >= 4 is 35.8 Å². The van der Waals surface area contributed by atoms with E-state index in [1.54, 1.807) is 6.20 Å². The van der Waals surface area contributed by atoms with E-state index in [1.807, 2.05) is 26.0 Å². The Labute approximate surface area is 179 Å². The van der Waals surface area contributed by atoms with Crippen LogP contribution in [0.5, 0.6) is 5.88 Å². The van der Waals surface area contributed by atoms with Crippen molar-refractivity contribution in [2.24, 2.45) is 16.6 Å². The zero-order valence-corrected chi connectivity index (χ0v) is 18.8. The third kappa shape index (κ3) is 8.32. The lowest BCUT2D eigenvalue weighted by Crippen LogP contribution is -2.47. The van der Waals surface area contributed by atoms with Gasteiger partial charge in [-0.2, -0.15) is 0 Å². The highest BCUT2D eigenvalue weighted by Gasteiger charge is 2.23. The van der Waals surface area contributed by atoms with Crippen LogP contribution in [0, 0.1) is 5.92 Å². The Bertz CT molecular complexity index is 607. The van der Waals surface area contributed by atoms with E-state index in [9.17, 15) is 4.79 Å². The van der Waals surface area contributed by atoms with Crippen molar-refractivity contribution in [2.45, 2.75) is 52.7 Å². The molecule has 1 aliphatic rings. The van der Waals surface area contributed by atoms with E-state index >= 15 is 0 Å². The first-order chi connectivity index (χ1) is 12.5. The fourth-order valence-corrected chi connectivity index (χ4v) is 3.12. The lowest BCUT2D eigenvalue weighted by atomic mass is 9.95. The number of rotatable bonds is 7. The average Bonchev–Trinajstić information content (AvgIpc) is 2.59. The normalized spacial score (nSPS) is 17.4. The molecule has 0 aliphatic carbocycles. The van der Waals surface area contributed by atoms with E-state index in [0.717, 1.165) is 44.0 Å². The summed E-state index contributed by atoms with van der Waals surface area (Å²) in [5.74, 6) is 1.59. The van der Waals surface area contributed by atoms with Crippen molar-refractivity contribution in [3.05, 3.63) is 23.9 Å². The summed E-state index contributed by atoms with van der Waals surface area (Å²) in [6, 6.07) is 3.87. The van der Waals surface area contributed by atoms with E-state index in [2.05, 4.69) is 22.1 Å². The van der Waals surface area contributed by atoms with Crippen LogP contribution >= 0.6 is 24.0 Å². The molecule has 2 rings (SSSR count). The van der Waals surface area contributed by atoms with Crippen LogP contribution in [0.3, 0.4) is 0 Å². The van der Waals surface area contributed by atoms with Crippen LogP contribution in [-0.4, -0.2) is 47.5 Å². The molecular formula is C19H32IN5O2. The van der Waals surface area contributed by atoms with Crippen molar-refractivity contribution in [1.29, 1.82) is 0 Å². The minimum Gasteiger partial charge on any atom is -0.475 e. The maximum atomic E-state index is 11.2. The van der Waals surface area contributed by atoms with E-state index in [4.69, 9.17) is 15.5 Å². The molecule has 2 heterocycles. The van der Waals surface area contributed by atoms with Crippen LogP contribution < -0.4 is 15.8 Å². The van der Waals surface area contributed by atoms with Gasteiger partial charge < -0.3 is 20.7 Å². The van der Waals surface area contributed by atoms with E-state index in [-0.39, 0.29) is 36.0 Å². The van der Waals surface area contributed by atoms with Gasteiger partial charge in [-0.15, -0.1) is 24.0 Å². The van der Waals surface area contributed by atoms with Crippen molar-refractivity contribution < 1.29 is 9.53 Å². The molecule has 0 saturated carbocycles. The number of nitrogens with zero attached hydrogens (tertiary/aromatic N) is 3. The van der Waals surface area contributed by atoms with Crippen molar-refractivity contribution in [2.75, 3.05) is 19.6 Å². The zero-order chi connectivity index (χ0) is 18.9. The number of hydrogen-bond donors (Lipinski definition) is 2. The van der Waals surface area contributed by atoms with Gasteiger partial charge in [0.25, 0.3) is 0 Å². The van der Waals surface area contributed by atoms with Gasteiger partial charge in [-0.1, -0.05) is 6.07 Å². The molecule has 1 amide bonds. The zero-order valence-electron chi connectivity index (χ0n) is 16.5. The van der Waals surface area contributed by atoms with Gasteiger partial charge in [0, 0.05) is 38.3 Å². The van der Waals surface area contributed by atoms with Crippen LogP contribution in [0.1, 0.15) is 45.6 Å². The highest BCUT2D eigenvalue weighted by atomic mass is 127. The maximum absolute atomic E-state index is 11.2. The molecule has 1 aromatic heterocycles. The second kappa shape index (κ2) is 12.0. The summed E-state index contributed by atoms with van der Waals surface area (Å²) >= 11 is 0. The third-order valence-electron chi connectivity index (χ3n) is 4.21. The Hall–Kier alpha value is -1.58. The first-order valence-electron chi connectivity index (χ1n) is 9.41. The lowest BCUT2D eigenvalue weighted by Gasteiger charge is -2.34. The number of halogens is 1. The topological polar surface area (TPSA) is 92.8 Å². The summed E-state index contributed by atoms with van der Waals surface area (Å²) in [5.41, 5.74) is 6.39. The summed E-state index contributed by atoms with van der Waals surface area (Å²) in [4.78, 5) is 22.5. The number of piperidine rings is 1. The van der Waals surface area contributed by atoms with Gasteiger partial charge in [0.2, 0.25) is 11.8 Å². The van der Waals surface area contributed by atoms with Gasteiger partial charge in [-0.05, 0) is 45.1 Å². The predicted octanol–water partition coefficient (Wildman–Crippen LogP) is 2.54. The summed E-state index contributed by atoms with van der Waals surface area (Å²) in [6.45, 7) is 9.12. The van der Waals surface area contributed by atoms with Gasteiger partial charge in [-0.3, -0.25) is 4.79 Å². The standard InChI is InChI=1S/C19H31N5O2.HI/c1-4-21-19(24-9-5-6-15(13-24)10-17(20)25)23-12-16-7-8-18(22-11-16)26-14(2)3;/h7-8,11,14-15H,4-6,9-10,12-13H2,1-3H3,(H2,20,25)(H,21,23);1H. The summed E-state index contributed by atoms with van der Waals surface area (Å²) in [6.07, 6.45) is 4.44. The Kier molecular flexibility index (Phi) is 10.4. The largest absolute Gasteiger partial charge is 0.475 e. The molecule has 1 unspecified atom stereocenters. The van der Waals surface area contributed by atoms with Gasteiger partial charge >= 0.3 is 0 Å². The summed E-state index contributed by atoms with van der Waals surface area (Å²) < 4.78 is 5.57. The molecular weight excluding hydrogens is 457 g/mol. The SMILES string of the molecule is CCNC(=NCc1ccc(OC(C)C)nc1)N1CCCC(CC(N)=O)C1.I. The van der Waals surface area contributed by atoms with Gasteiger partial charge in [0.05, 0.1) is 12.6 Å². The number of ether oxygens (including phenoxy) is 1. The molecule has 1 aromatic rings. The second-order valence-electron chi connectivity index (χ2n) is 6.97. The number of primary amides is 1. The van der Waals surface area contributed by atoms with Gasteiger partial charge in [0.1, 0.15) is 0 Å². The van der Waals surface area contributed by atoms with Crippen LogP contribution in [0.15, 0.2) is 23.3 Å². The number of guanidine groups is 1. The first kappa shape index (κ1) is 23.5. The average molecular weight is 489 g/mol. The maximum Gasteiger partial charge on any atom is 0.217 e. The fraction of sp³-hybridized carbons (Fsp3) is 0.632. The molecule has 0 radical (unpaired) electrons. The highest BCUT2D eigenvalue weighted by Crippen LogP contribution is 2.19. The number of amides is 1. The minimum absolute atomic E-state index is 0. The van der Waals surface area contributed by atoms with Crippen LogP contribution in [0.25, 0.3) is 0 Å². The first-order valence-corrected chi connectivity index (χ1v) is 9.41. The Balaban J connectivity index is 0.00000364. The van der Waals surface area contributed by atoms with Crippen molar-refractivity contribution in [3.63, 3.8) is 0 Å². The van der Waals surface area contributed by atoms with Crippen LogP contribution in [0.2, 0.25) is 0 Å². The van der Waals surface area contributed by atoms with Gasteiger partial charge in [0.15, 0.2) is 5.96 Å². The molecule has 1 aliphatic heterocycles. The molecule has 0 spiro atoms. The quantitative estimate of drug-likeness (QED) is 0.349. The molecule has 1 fully saturated rings. The van der Waals surface area contributed by atoms with E-state index < -0.39 is 0 Å². The number of carbonyl (C=O) groups is 1. The molecule has 7 nitrogen and oxygen atoms in total. The number of aromatic nitrogens is 1. The lowest BCUT2D eigenvalue weighted by molar-refractivity contribution is -0.119. The molecule has 8 heteroatoms. The number of aliphatic imine (C=N–C) groups is 1. The monoisotopic (exact) mass is 489 g/mol. The number of nitrogens with one attached hydrogen (secondary N) is 1. The molecule has 27 heavy (non-hydrogen) atoms. The number of hydrogen-bond acceptors (Lipinski definition) is 4. The molecule has 0 aromatic carbocycles. The fourth-order valence-electron chi connectivity index (χ4n) is 3.12. The minimum atomic E-state index is -0.228. The van der Waals surface area contributed by atoms with E-state index in [0.29, 0.717) is 24.8 Å². The molecule has 0 bridgehead atoms. The molecule has 1 atom stereocenters. The molecule has 1 saturated heterocycles. The Morgan fingerprint density at radius 3 is 2.85 bits per heavy atom. The van der Waals surface area contributed by atoms with E-state index in [1.165, 1.54) is 0 Å². The van der Waals surface area contributed by atoms with Crippen molar-refractivity contribution in [3.8, 4) is 5.88 Å².